The molecule has 2 saturated heterocycles. The molecule has 7 nitrogen and oxygen atoms in total. The van der Waals surface area contributed by atoms with Crippen LogP contribution in [-0.4, -0.2) is 64.6 Å². The molecule has 0 aromatic carbocycles. The van der Waals surface area contributed by atoms with Gasteiger partial charge in [-0.25, -0.2) is 9.59 Å². The monoisotopic (exact) mass is 272 g/mol. The van der Waals surface area contributed by atoms with Crippen molar-refractivity contribution in [1.82, 2.24) is 10.2 Å². The molecular weight excluding hydrogens is 252 g/mol. The molecule has 0 radical (unpaired) electrons. The van der Waals surface area contributed by atoms with Gasteiger partial charge in [-0.15, -0.1) is 0 Å². The number of urea groups is 1. The van der Waals surface area contributed by atoms with E-state index in [4.69, 9.17) is 9.84 Å². The third-order valence-electron chi connectivity index (χ3n) is 3.70. The third kappa shape index (κ3) is 3.16. The summed E-state index contributed by atoms with van der Waals surface area (Å²) < 4.78 is 5.47. The van der Waals surface area contributed by atoms with Gasteiger partial charge in [-0.1, -0.05) is 0 Å². The summed E-state index contributed by atoms with van der Waals surface area (Å²) in [5.74, 6) is -1.09. The molecule has 2 fully saturated rings. The summed E-state index contributed by atoms with van der Waals surface area (Å²) in [6.45, 7) is 2.60. The lowest BCUT2D eigenvalue weighted by Gasteiger charge is -2.26. The third-order valence-corrected chi connectivity index (χ3v) is 3.70. The van der Waals surface area contributed by atoms with Crippen LogP contribution in [0.25, 0.3) is 0 Å². The number of aliphatic carboxylic acids is 1. The highest BCUT2D eigenvalue weighted by atomic mass is 16.5. The Morgan fingerprint density at radius 3 is 2.79 bits per heavy atom. The predicted molar refractivity (Wildman–Crippen MR) is 65.7 cm³/mol. The quantitative estimate of drug-likeness (QED) is 0.660. The minimum Gasteiger partial charge on any atom is -0.480 e. The van der Waals surface area contributed by atoms with Gasteiger partial charge in [-0.05, 0) is 19.8 Å². The number of carbonyl (C=O) groups is 2. The van der Waals surface area contributed by atoms with E-state index < -0.39 is 24.1 Å². The van der Waals surface area contributed by atoms with Gasteiger partial charge in [0.2, 0.25) is 0 Å². The Hall–Kier alpha value is -1.34. The maximum absolute atomic E-state index is 12.1. The maximum atomic E-state index is 12.1. The van der Waals surface area contributed by atoms with E-state index in [-0.39, 0.29) is 25.1 Å². The first-order chi connectivity index (χ1) is 8.99. The smallest absolute Gasteiger partial charge is 0.326 e. The fraction of sp³-hybridized carbons (Fsp3) is 0.833. The van der Waals surface area contributed by atoms with E-state index in [1.165, 1.54) is 4.90 Å². The molecule has 4 atom stereocenters. The Kier molecular flexibility index (Phi) is 4.26. The average Bonchev–Trinajstić information content (AvgIpc) is 2.96. The summed E-state index contributed by atoms with van der Waals surface area (Å²) in [6.07, 6.45) is 1.17. The van der Waals surface area contributed by atoms with Gasteiger partial charge >= 0.3 is 12.0 Å². The number of nitrogens with zero attached hydrogens (tertiary/aromatic N) is 1. The first-order valence-electron chi connectivity index (χ1n) is 6.58. The van der Waals surface area contributed by atoms with Crippen molar-refractivity contribution in [1.29, 1.82) is 0 Å². The maximum Gasteiger partial charge on any atom is 0.326 e. The van der Waals surface area contributed by atoms with E-state index in [2.05, 4.69) is 5.32 Å². The SMILES string of the molecule is CC(NC(=O)N1CC(O)C[C@H]1C(=O)O)C1CCCO1. The standard InChI is InChI=1S/C12H20N2O5/c1-7(10-3-2-4-19-10)13-12(18)14-6-8(15)5-9(14)11(16)17/h7-10,15H,2-6H2,1H3,(H,13,18)(H,16,17)/t7?,8?,9-,10?/m0/s1. The zero-order valence-corrected chi connectivity index (χ0v) is 10.9. The van der Waals surface area contributed by atoms with Crippen LogP contribution in [0, 0.1) is 0 Å². The first kappa shape index (κ1) is 14.1. The number of ether oxygens (including phenoxy) is 1. The Labute approximate surface area is 111 Å². The molecule has 3 unspecified atom stereocenters. The Morgan fingerprint density at radius 2 is 2.21 bits per heavy atom. The second kappa shape index (κ2) is 5.75. The second-order valence-electron chi connectivity index (χ2n) is 5.19. The zero-order chi connectivity index (χ0) is 14.0. The molecule has 108 valence electrons. The van der Waals surface area contributed by atoms with E-state index >= 15 is 0 Å². The van der Waals surface area contributed by atoms with Crippen LogP contribution in [0.1, 0.15) is 26.2 Å². The minimum absolute atomic E-state index is 0.0141. The van der Waals surface area contributed by atoms with Gasteiger partial charge in [-0.2, -0.15) is 0 Å². The number of carboxylic acids is 1. The number of hydrogen-bond donors (Lipinski definition) is 3. The minimum atomic E-state index is -1.09. The zero-order valence-electron chi connectivity index (χ0n) is 10.9. The summed E-state index contributed by atoms with van der Waals surface area (Å²) >= 11 is 0. The molecule has 2 aliphatic heterocycles. The number of β-amino-alcohol motifs (C(OH)–C–C–N with tert-alkyl or cyclic N) is 1. The number of nitrogens with one attached hydrogen (secondary N) is 1. The number of amides is 2. The van der Waals surface area contributed by atoms with Crippen molar-refractivity contribution in [3.63, 3.8) is 0 Å². The molecule has 0 aliphatic carbocycles. The van der Waals surface area contributed by atoms with E-state index in [0.717, 1.165) is 12.8 Å². The number of aliphatic hydroxyl groups excluding tert-OH is 1. The number of carboxylic acid groups (broad SMARTS) is 1. The molecule has 3 N–H and O–H groups in total. The van der Waals surface area contributed by atoms with Crippen molar-refractivity contribution in [2.45, 2.75) is 50.5 Å². The van der Waals surface area contributed by atoms with E-state index in [1.54, 1.807) is 0 Å². The normalized spacial score (nSPS) is 32.3. The first-order valence-corrected chi connectivity index (χ1v) is 6.58. The van der Waals surface area contributed by atoms with Crippen molar-refractivity contribution in [3.05, 3.63) is 0 Å². The highest BCUT2D eigenvalue weighted by Gasteiger charge is 2.39. The van der Waals surface area contributed by atoms with Crippen LogP contribution in [0.5, 0.6) is 0 Å². The fourth-order valence-corrected chi connectivity index (χ4v) is 2.64. The van der Waals surface area contributed by atoms with E-state index in [1.807, 2.05) is 6.92 Å². The summed E-state index contributed by atoms with van der Waals surface area (Å²) in [5, 5.41) is 21.3. The summed E-state index contributed by atoms with van der Waals surface area (Å²) in [7, 11) is 0. The van der Waals surface area contributed by atoms with Gasteiger partial charge in [0.25, 0.3) is 0 Å². The fourth-order valence-electron chi connectivity index (χ4n) is 2.64. The van der Waals surface area contributed by atoms with Crippen molar-refractivity contribution < 1.29 is 24.5 Å². The topological polar surface area (TPSA) is 99.1 Å². The van der Waals surface area contributed by atoms with Crippen molar-refractivity contribution in [3.8, 4) is 0 Å². The van der Waals surface area contributed by atoms with Crippen LogP contribution in [0.3, 0.4) is 0 Å². The van der Waals surface area contributed by atoms with Crippen molar-refractivity contribution in [2.75, 3.05) is 13.2 Å². The predicted octanol–water partition coefficient (Wildman–Crippen LogP) is -0.217. The van der Waals surface area contributed by atoms with Crippen molar-refractivity contribution >= 4 is 12.0 Å². The molecule has 2 rings (SSSR count). The molecular formula is C12H20N2O5. The van der Waals surface area contributed by atoms with Crippen LogP contribution in [0.15, 0.2) is 0 Å². The average molecular weight is 272 g/mol. The van der Waals surface area contributed by atoms with Crippen LogP contribution >= 0.6 is 0 Å². The van der Waals surface area contributed by atoms with Crippen molar-refractivity contribution in [2.24, 2.45) is 0 Å². The van der Waals surface area contributed by atoms with E-state index in [9.17, 15) is 14.7 Å². The highest BCUT2D eigenvalue weighted by molar-refractivity contribution is 5.83. The molecule has 19 heavy (non-hydrogen) atoms. The number of carbonyl (C=O) groups excluding carboxylic acids is 1. The van der Waals surface area contributed by atoms with Gasteiger partial charge in [-0.3, -0.25) is 0 Å². The molecule has 0 bridgehead atoms. The van der Waals surface area contributed by atoms with Crippen LogP contribution in [-0.2, 0) is 9.53 Å². The van der Waals surface area contributed by atoms with Gasteiger partial charge in [0.1, 0.15) is 6.04 Å². The van der Waals surface area contributed by atoms with Crippen LogP contribution in [0.4, 0.5) is 4.79 Å². The second-order valence-corrected chi connectivity index (χ2v) is 5.19. The van der Waals surface area contributed by atoms with Gasteiger partial charge in [0.05, 0.1) is 18.2 Å². The molecule has 0 aromatic rings. The molecule has 0 spiro atoms. The number of likely N-dealkylation sites (tertiary alicyclic amines) is 1. The number of rotatable bonds is 3. The molecule has 0 aromatic heterocycles. The lowest BCUT2D eigenvalue weighted by atomic mass is 10.1. The Balaban J connectivity index is 1.92. The number of hydrogen-bond acceptors (Lipinski definition) is 4. The Bertz CT molecular complexity index is 356. The molecule has 2 aliphatic rings. The molecule has 7 heteroatoms. The summed E-state index contributed by atoms with van der Waals surface area (Å²) in [5.41, 5.74) is 0. The summed E-state index contributed by atoms with van der Waals surface area (Å²) in [4.78, 5) is 24.3. The largest absolute Gasteiger partial charge is 0.480 e. The van der Waals surface area contributed by atoms with Crippen LogP contribution in [0.2, 0.25) is 0 Å². The van der Waals surface area contributed by atoms with Gasteiger partial charge < -0.3 is 25.2 Å². The molecule has 2 heterocycles. The van der Waals surface area contributed by atoms with Crippen LogP contribution < -0.4 is 5.32 Å². The molecule has 2 amide bonds. The lowest BCUT2D eigenvalue weighted by Crippen LogP contribution is -2.51. The van der Waals surface area contributed by atoms with Gasteiger partial charge in [0.15, 0.2) is 0 Å². The van der Waals surface area contributed by atoms with Gasteiger partial charge in [0, 0.05) is 19.6 Å². The number of aliphatic hydroxyl groups is 1. The van der Waals surface area contributed by atoms with E-state index in [0.29, 0.717) is 6.61 Å². The highest BCUT2D eigenvalue weighted by Crippen LogP contribution is 2.20. The molecule has 0 saturated carbocycles. The Morgan fingerprint density at radius 1 is 1.47 bits per heavy atom. The summed E-state index contributed by atoms with van der Waals surface area (Å²) in [6, 6.07) is -1.57. The lowest BCUT2D eigenvalue weighted by molar-refractivity contribution is -0.141.